The van der Waals surface area contributed by atoms with E-state index in [-0.39, 0.29) is 5.54 Å². The molecular formula is C9H14FN. The summed E-state index contributed by atoms with van der Waals surface area (Å²) in [7, 11) is 0. The normalized spacial score (nSPS) is 44.9. The summed E-state index contributed by atoms with van der Waals surface area (Å²) in [4.78, 5) is 2.22. The van der Waals surface area contributed by atoms with Crippen molar-refractivity contribution in [3.05, 3.63) is 12.2 Å². The van der Waals surface area contributed by atoms with Crippen LogP contribution in [-0.2, 0) is 0 Å². The maximum Gasteiger partial charge on any atom is 0.115 e. The lowest BCUT2D eigenvalue weighted by molar-refractivity contribution is 0.240. The van der Waals surface area contributed by atoms with E-state index >= 15 is 0 Å². The van der Waals surface area contributed by atoms with Crippen LogP contribution in [0.5, 0.6) is 0 Å². The molecule has 2 atom stereocenters. The molecule has 0 spiro atoms. The molecule has 11 heavy (non-hydrogen) atoms. The number of alkyl halides is 1. The molecule has 0 bridgehead atoms. The topological polar surface area (TPSA) is 3.24 Å². The first-order valence-electron chi connectivity index (χ1n) is 4.20. The highest BCUT2D eigenvalue weighted by Crippen LogP contribution is 2.42. The number of halogens is 1. The molecule has 2 heterocycles. The van der Waals surface area contributed by atoms with E-state index in [0.717, 1.165) is 13.0 Å². The smallest absolute Gasteiger partial charge is 0.115 e. The van der Waals surface area contributed by atoms with E-state index in [0.29, 0.717) is 13.0 Å². The lowest BCUT2D eigenvalue weighted by Gasteiger charge is -2.27. The van der Waals surface area contributed by atoms with E-state index < -0.39 is 6.17 Å². The van der Waals surface area contributed by atoms with Crippen molar-refractivity contribution in [3.8, 4) is 0 Å². The minimum Gasteiger partial charge on any atom is -0.291 e. The first-order valence-corrected chi connectivity index (χ1v) is 4.20. The maximum absolute atomic E-state index is 13.0. The fourth-order valence-electron chi connectivity index (χ4n) is 2.31. The van der Waals surface area contributed by atoms with Gasteiger partial charge in [0.25, 0.3) is 0 Å². The Labute approximate surface area is 66.9 Å². The van der Waals surface area contributed by atoms with Crippen LogP contribution in [-0.4, -0.2) is 29.7 Å². The van der Waals surface area contributed by atoms with Crippen molar-refractivity contribution in [1.29, 1.82) is 0 Å². The predicted octanol–water partition coefficient (Wildman–Crippen LogP) is 1.75. The molecule has 0 N–H and O–H groups in total. The third-order valence-electron chi connectivity index (χ3n) is 3.18. The van der Waals surface area contributed by atoms with Crippen LogP contribution in [0.15, 0.2) is 12.2 Å². The lowest BCUT2D eigenvalue weighted by Crippen LogP contribution is -2.35. The van der Waals surface area contributed by atoms with Gasteiger partial charge in [-0.25, -0.2) is 4.39 Å². The van der Waals surface area contributed by atoms with Crippen LogP contribution in [0.25, 0.3) is 0 Å². The highest BCUT2D eigenvalue weighted by atomic mass is 19.1. The summed E-state index contributed by atoms with van der Waals surface area (Å²) in [6.45, 7) is 7.74. The third kappa shape index (κ3) is 0.853. The SMILES string of the molecule is C=C1CCN2C[C@H](F)C[C@]12C. The van der Waals surface area contributed by atoms with Crippen LogP contribution < -0.4 is 0 Å². The molecule has 2 saturated heterocycles. The van der Waals surface area contributed by atoms with Crippen molar-refractivity contribution in [2.24, 2.45) is 0 Å². The van der Waals surface area contributed by atoms with Crippen molar-refractivity contribution >= 4 is 0 Å². The summed E-state index contributed by atoms with van der Waals surface area (Å²) in [6.07, 6.45) is 1.09. The molecule has 0 saturated carbocycles. The van der Waals surface area contributed by atoms with Gasteiger partial charge in [-0.15, -0.1) is 0 Å². The second kappa shape index (κ2) is 2.07. The molecule has 2 fully saturated rings. The largest absolute Gasteiger partial charge is 0.291 e. The first-order chi connectivity index (χ1) is 5.13. The molecule has 2 heteroatoms. The van der Waals surface area contributed by atoms with Crippen LogP contribution in [0.1, 0.15) is 19.8 Å². The molecule has 2 aliphatic heterocycles. The van der Waals surface area contributed by atoms with Gasteiger partial charge in [0.15, 0.2) is 0 Å². The summed E-state index contributed by atoms with van der Waals surface area (Å²) >= 11 is 0. The zero-order valence-corrected chi connectivity index (χ0v) is 6.94. The van der Waals surface area contributed by atoms with Gasteiger partial charge in [-0.1, -0.05) is 12.2 Å². The molecule has 0 aromatic carbocycles. The standard InChI is InChI=1S/C9H14FN/c1-7-3-4-11-6-8(10)5-9(7,11)2/h8H,1,3-6H2,2H3/t8-,9-/m1/s1. The minimum atomic E-state index is -0.628. The van der Waals surface area contributed by atoms with E-state index in [4.69, 9.17) is 0 Å². The van der Waals surface area contributed by atoms with E-state index in [9.17, 15) is 4.39 Å². The van der Waals surface area contributed by atoms with Crippen LogP contribution in [0, 0.1) is 0 Å². The molecule has 0 aliphatic carbocycles. The van der Waals surface area contributed by atoms with Gasteiger partial charge >= 0.3 is 0 Å². The number of hydrogen-bond acceptors (Lipinski definition) is 1. The molecule has 0 aromatic rings. The van der Waals surface area contributed by atoms with E-state index in [2.05, 4.69) is 18.4 Å². The molecule has 0 amide bonds. The number of nitrogens with zero attached hydrogens (tertiary/aromatic N) is 1. The van der Waals surface area contributed by atoms with Crippen molar-refractivity contribution in [2.75, 3.05) is 13.1 Å². The zero-order valence-electron chi connectivity index (χ0n) is 6.94. The molecule has 0 unspecified atom stereocenters. The highest BCUT2D eigenvalue weighted by Gasteiger charge is 2.47. The van der Waals surface area contributed by atoms with Crippen molar-refractivity contribution in [3.63, 3.8) is 0 Å². The third-order valence-corrected chi connectivity index (χ3v) is 3.18. The van der Waals surface area contributed by atoms with Crippen LogP contribution in [0.2, 0.25) is 0 Å². The van der Waals surface area contributed by atoms with Gasteiger partial charge in [-0.05, 0) is 13.3 Å². The molecular weight excluding hydrogens is 141 g/mol. The second-order valence-electron chi connectivity index (χ2n) is 3.87. The Bertz CT molecular complexity index is 202. The average Bonchev–Trinajstić information content (AvgIpc) is 2.32. The Balaban J connectivity index is 2.26. The van der Waals surface area contributed by atoms with E-state index in [1.807, 2.05) is 0 Å². The van der Waals surface area contributed by atoms with Crippen LogP contribution in [0.3, 0.4) is 0 Å². The predicted molar refractivity (Wildman–Crippen MR) is 43.2 cm³/mol. The second-order valence-corrected chi connectivity index (χ2v) is 3.87. The van der Waals surface area contributed by atoms with E-state index in [1.165, 1.54) is 5.57 Å². The number of hydrogen-bond donors (Lipinski definition) is 0. The number of fused-ring (bicyclic) bond motifs is 1. The molecule has 2 aliphatic rings. The highest BCUT2D eigenvalue weighted by molar-refractivity contribution is 5.24. The quantitative estimate of drug-likeness (QED) is 0.482. The van der Waals surface area contributed by atoms with Gasteiger partial charge in [0, 0.05) is 25.0 Å². The molecule has 62 valence electrons. The number of rotatable bonds is 0. The fourth-order valence-corrected chi connectivity index (χ4v) is 2.31. The molecule has 0 aromatic heterocycles. The van der Waals surface area contributed by atoms with Gasteiger partial charge in [-0.3, -0.25) is 4.90 Å². The van der Waals surface area contributed by atoms with Crippen molar-refractivity contribution in [1.82, 2.24) is 4.90 Å². The summed E-state index contributed by atoms with van der Waals surface area (Å²) < 4.78 is 13.0. The first kappa shape index (κ1) is 7.29. The van der Waals surface area contributed by atoms with Crippen LogP contribution >= 0.6 is 0 Å². The molecule has 1 nitrogen and oxygen atoms in total. The van der Waals surface area contributed by atoms with Gasteiger partial charge in [0.2, 0.25) is 0 Å². The summed E-state index contributed by atoms with van der Waals surface area (Å²) in [5.41, 5.74) is 1.22. The Morgan fingerprint density at radius 1 is 1.73 bits per heavy atom. The van der Waals surface area contributed by atoms with Gasteiger partial charge in [0.05, 0.1) is 0 Å². The monoisotopic (exact) mass is 155 g/mol. The lowest BCUT2D eigenvalue weighted by atomic mass is 9.92. The van der Waals surface area contributed by atoms with Gasteiger partial charge < -0.3 is 0 Å². The molecule has 2 rings (SSSR count). The minimum absolute atomic E-state index is 0.000579. The summed E-state index contributed by atoms with van der Waals surface area (Å²) in [5.74, 6) is 0. The fraction of sp³-hybridized carbons (Fsp3) is 0.778. The van der Waals surface area contributed by atoms with E-state index in [1.54, 1.807) is 0 Å². The van der Waals surface area contributed by atoms with Crippen molar-refractivity contribution < 1.29 is 4.39 Å². The Hall–Kier alpha value is -0.370. The Morgan fingerprint density at radius 3 is 3.09 bits per heavy atom. The zero-order chi connectivity index (χ0) is 8.06. The summed E-state index contributed by atoms with van der Waals surface area (Å²) in [6, 6.07) is 0. The maximum atomic E-state index is 13.0. The molecule has 0 radical (unpaired) electrons. The Kier molecular flexibility index (Phi) is 1.37. The average molecular weight is 155 g/mol. The summed E-state index contributed by atoms with van der Waals surface area (Å²) in [5, 5.41) is 0. The van der Waals surface area contributed by atoms with Gasteiger partial charge in [0.1, 0.15) is 6.17 Å². The van der Waals surface area contributed by atoms with Crippen LogP contribution in [0.4, 0.5) is 4.39 Å². The van der Waals surface area contributed by atoms with Crippen molar-refractivity contribution in [2.45, 2.75) is 31.5 Å². The van der Waals surface area contributed by atoms with Gasteiger partial charge in [-0.2, -0.15) is 0 Å². The Morgan fingerprint density at radius 2 is 2.45 bits per heavy atom.